The van der Waals surface area contributed by atoms with Crippen LogP contribution < -0.4 is 31.7 Å². The minimum absolute atomic E-state index is 0.0205. The first kappa shape index (κ1) is 57.9. The highest BCUT2D eigenvalue weighted by molar-refractivity contribution is 6.31. The fourth-order valence-electron chi connectivity index (χ4n) is 10.1. The maximum atomic E-state index is 14.1. The van der Waals surface area contributed by atoms with Crippen LogP contribution in [0.4, 0.5) is 15.3 Å². The van der Waals surface area contributed by atoms with Crippen LogP contribution in [-0.4, -0.2) is 129 Å². The number of methoxy groups -OCH3 is 1. The number of alkyl carbamates (subject to hydrolysis) is 2. The number of ether oxygens (including phenoxy) is 5. The second-order valence-corrected chi connectivity index (χ2v) is 19.8. The van der Waals surface area contributed by atoms with Crippen molar-refractivity contribution in [3.63, 3.8) is 0 Å². The van der Waals surface area contributed by atoms with Crippen LogP contribution in [0, 0.1) is 0 Å². The maximum Gasteiger partial charge on any atom is 0.408 e. The molecule has 0 radical (unpaired) electrons. The smallest absolute Gasteiger partial charge is 0.408 e. The molecule has 1 heterocycles. The number of hydrogen-bond acceptors (Lipinski definition) is 18. The number of unbranched alkanes of at least 4 members (excludes halogenated alkanes) is 1. The summed E-state index contributed by atoms with van der Waals surface area (Å²) in [6.45, 7) is 0.440. The van der Waals surface area contributed by atoms with Crippen molar-refractivity contribution in [3.8, 4) is 17.2 Å². The first-order valence-corrected chi connectivity index (χ1v) is 26.0. The quantitative estimate of drug-likeness (QED) is 0.0359. The van der Waals surface area contributed by atoms with Gasteiger partial charge < -0.3 is 76.2 Å². The van der Waals surface area contributed by atoms with Crippen molar-refractivity contribution in [1.29, 1.82) is 0 Å². The number of benzene rings is 5. The van der Waals surface area contributed by atoms with E-state index in [9.17, 15) is 59.1 Å². The fraction of sp³-hybridized carbons (Fsp3) is 0.362. The molecule has 2 unspecified atom stereocenters. The van der Waals surface area contributed by atoms with Crippen molar-refractivity contribution in [2.45, 2.75) is 113 Å². The predicted octanol–water partition coefficient (Wildman–Crippen LogP) is 4.06. The van der Waals surface area contributed by atoms with E-state index < -0.39 is 132 Å². The van der Waals surface area contributed by atoms with Gasteiger partial charge in [0.2, 0.25) is 17.6 Å². The van der Waals surface area contributed by atoms with Crippen LogP contribution in [0.5, 0.6) is 17.2 Å². The Labute approximate surface area is 459 Å². The number of fused-ring (bicyclic) bond motifs is 3. The topological polar surface area (TPSA) is 341 Å². The Morgan fingerprint density at radius 1 is 0.762 bits per heavy atom. The molecule has 8 rings (SSSR count). The molecule has 0 spiro atoms. The van der Waals surface area contributed by atoms with Crippen molar-refractivity contribution < 1.29 is 82.8 Å². The molecular weight excluding hydrogens is 1040 g/mol. The summed E-state index contributed by atoms with van der Waals surface area (Å²) >= 11 is 0. The Hall–Kier alpha value is -8.25. The maximum absolute atomic E-state index is 14.1. The predicted molar refractivity (Wildman–Crippen MR) is 284 cm³/mol. The van der Waals surface area contributed by atoms with Gasteiger partial charge in [-0.15, -0.1) is 0 Å². The Morgan fingerprint density at radius 3 is 2.08 bits per heavy atom. The highest BCUT2D eigenvalue weighted by Crippen LogP contribution is 2.52. The number of rotatable bonds is 21. The Bertz CT molecular complexity index is 3110. The SMILES string of the molecule is COc1cccc2c1C(=O)c1c(O)c3c(c(O)c1C2=O)C[C@@](O)(C(=O)CO)C[C@@H]3O[C@H]1C[C@H](NC(=O)OCc2ccc(NC(=O)C(CCCCN)NC(=O)C(Cc3ccccc3)NC(=O)OCc3ccccc3)cc2)[C@H](O)[C@H](C)O1. The van der Waals surface area contributed by atoms with Crippen molar-refractivity contribution in [2.24, 2.45) is 5.73 Å². The molecule has 80 heavy (non-hydrogen) atoms. The minimum atomic E-state index is -2.41. The molecule has 422 valence electrons. The number of Topliss-reactive ketones (excluding diaryl/α,β-unsaturated/α-hetero) is 1. The summed E-state index contributed by atoms with van der Waals surface area (Å²) in [6.07, 6.45) is -7.17. The van der Waals surface area contributed by atoms with Crippen LogP contribution in [0.2, 0.25) is 0 Å². The molecule has 22 nitrogen and oxygen atoms in total. The van der Waals surface area contributed by atoms with E-state index in [0.717, 1.165) is 11.1 Å². The van der Waals surface area contributed by atoms with E-state index in [4.69, 9.17) is 29.4 Å². The number of ketones is 3. The summed E-state index contributed by atoms with van der Waals surface area (Å²) in [4.78, 5) is 95.0. The zero-order valence-electron chi connectivity index (χ0n) is 43.8. The van der Waals surface area contributed by atoms with Gasteiger partial charge in [-0.2, -0.15) is 0 Å². The Kier molecular flexibility index (Phi) is 18.6. The van der Waals surface area contributed by atoms with E-state index in [1.165, 1.54) is 32.2 Å². The average Bonchev–Trinajstić information content (AvgIpc) is 3.59. The van der Waals surface area contributed by atoms with E-state index in [1.54, 1.807) is 48.5 Å². The zero-order chi connectivity index (χ0) is 57.3. The van der Waals surface area contributed by atoms with Gasteiger partial charge in [-0.1, -0.05) is 84.9 Å². The number of aliphatic hydroxyl groups excluding tert-OH is 2. The van der Waals surface area contributed by atoms with Gasteiger partial charge in [-0.3, -0.25) is 24.0 Å². The van der Waals surface area contributed by atoms with E-state index in [2.05, 4.69) is 21.3 Å². The van der Waals surface area contributed by atoms with E-state index in [0.29, 0.717) is 30.6 Å². The van der Waals surface area contributed by atoms with E-state index in [-0.39, 0.29) is 60.5 Å². The Balaban J connectivity index is 0.903. The van der Waals surface area contributed by atoms with Crippen LogP contribution in [0.15, 0.2) is 103 Å². The summed E-state index contributed by atoms with van der Waals surface area (Å²) in [5.74, 6) is -5.44. The largest absolute Gasteiger partial charge is 0.507 e. The van der Waals surface area contributed by atoms with Crippen LogP contribution in [-0.2, 0) is 59.4 Å². The fourth-order valence-corrected chi connectivity index (χ4v) is 10.1. The van der Waals surface area contributed by atoms with E-state index >= 15 is 0 Å². The molecule has 1 aliphatic heterocycles. The van der Waals surface area contributed by atoms with Crippen LogP contribution in [0.3, 0.4) is 0 Å². The molecule has 8 atom stereocenters. The second kappa shape index (κ2) is 25.7. The number of hydrogen-bond donors (Lipinski definition) is 10. The van der Waals surface area contributed by atoms with Gasteiger partial charge in [0, 0.05) is 48.1 Å². The van der Waals surface area contributed by atoms with Crippen molar-refractivity contribution in [3.05, 3.63) is 153 Å². The van der Waals surface area contributed by atoms with Gasteiger partial charge >= 0.3 is 12.2 Å². The third-order valence-electron chi connectivity index (χ3n) is 14.3. The molecule has 0 aromatic heterocycles. The lowest BCUT2D eigenvalue weighted by Gasteiger charge is -2.42. The van der Waals surface area contributed by atoms with Gasteiger partial charge in [-0.05, 0) is 67.6 Å². The molecule has 2 aliphatic carbocycles. The molecule has 3 aliphatic rings. The molecule has 4 amide bonds. The third-order valence-corrected chi connectivity index (χ3v) is 14.3. The van der Waals surface area contributed by atoms with Crippen LogP contribution in [0.1, 0.15) is 105 Å². The lowest BCUT2D eigenvalue weighted by atomic mass is 9.72. The summed E-state index contributed by atoms with van der Waals surface area (Å²) in [5.41, 5.74) is 3.76. The number of amides is 4. The average molecular weight is 1100 g/mol. The zero-order valence-corrected chi connectivity index (χ0v) is 43.8. The highest BCUT2D eigenvalue weighted by atomic mass is 16.7. The summed E-state index contributed by atoms with van der Waals surface area (Å²) in [7, 11) is 1.29. The van der Waals surface area contributed by atoms with Gasteiger partial charge in [0.1, 0.15) is 60.9 Å². The molecule has 5 aromatic carbocycles. The number of anilines is 1. The molecule has 11 N–H and O–H groups in total. The number of carbonyl (C=O) groups is 7. The summed E-state index contributed by atoms with van der Waals surface area (Å²) in [5, 5.41) is 67.2. The molecule has 22 heteroatoms. The van der Waals surface area contributed by atoms with Crippen molar-refractivity contribution in [1.82, 2.24) is 16.0 Å². The summed E-state index contributed by atoms with van der Waals surface area (Å²) in [6, 6.07) is 25.4. The lowest BCUT2D eigenvalue weighted by molar-refractivity contribution is -0.249. The molecule has 5 aromatic rings. The normalized spacial score (nSPS) is 20.9. The van der Waals surface area contributed by atoms with Gasteiger partial charge in [0.15, 0.2) is 17.9 Å². The molecular formula is C58H63N5O17. The Morgan fingerprint density at radius 2 is 1.41 bits per heavy atom. The third kappa shape index (κ3) is 13.1. The number of phenolic OH excluding ortho intramolecular Hbond substituents is 2. The number of aliphatic hydroxyl groups is 3. The number of aromatic hydroxyl groups is 2. The van der Waals surface area contributed by atoms with Gasteiger partial charge in [0.25, 0.3) is 0 Å². The summed E-state index contributed by atoms with van der Waals surface area (Å²) < 4.78 is 28.5. The molecule has 1 saturated heterocycles. The monoisotopic (exact) mass is 1100 g/mol. The number of nitrogens with two attached hydrogens (primary N) is 1. The second-order valence-electron chi connectivity index (χ2n) is 19.8. The first-order valence-electron chi connectivity index (χ1n) is 26.0. The van der Waals surface area contributed by atoms with Crippen LogP contribution in [0.25, 0.3) is 0 Å². The first-order chi connectivity index (χ1) is 38.4. The van der Waals surface area contributed by atoms with Gasteiger partial charge in [-0.25, -0.2) is 9.59 Å². The standard InChI is InChI=1S/C58H63N5O17/c1-31-49(66)39(25-44(79-31)80-42-27-58(75,43(65)28-64)26-37-46(42)53(70)48-47(51(37)68)50(67)36-16-11-18-41(76-2)45(36)52(48)69)62-56(73)78-30-34-19-21-35(22-20-34)60-54(71)38(17-9-10-23-59)61-55(72)40(24-32-12-5-3-6-13-32)63-57(74)77-29-33-14-7-4-8-15-33/h3-8,11-16,18-22,31,38-40,42,44,49,64,66,68,70,75H,9-10,17,23-30,59H2,1-2H3,(H,60,71)(H,61,72)(H,62,73)(H,63,74)/t31-,38?,39-,40?,42-,44-,49+,58-/m0/s1. The minimum Gasteiger partial charge on any atom is -0.507 e. The van der Waals surface area contributed by atoms with E-state index in [1.807, 2.05) is 36.4 Å². The van der Waals surface area contributed by atoms with Crippen LogP contribution >= 0.6 is 0 Å². The lowest BCUT2D eigenvalue weighted by Crippen LogP contribution is -2.56. The number of nitrogens with one attached hydrogen (secondary N) is 4. The highest BCUT2D eigenvalue weighted by Gasteiger charge is 2.50. The number of phenols is 2. The molecule has 0 bridgehead atoms. The van der Waals surface area contributed by atoms with Crippen molar-refractivity contribution >= 4 is 47.0 Å². The molecule has 0 saturated carbocycles. The van der Waals surface area contributed by atoms with Gasteiger partial charge in [0.05, 0.1) is 42.0 Å². The van der Waals surface area contributed by atoms with Crippen molar-refractivity contribution in [2.75, 3.05) is 25.6 Å². The molecule has 1 fully saturated rings. The number of carbonyl (C=O) groups excluding carboxylic acids is 7.